The van der Waals surface area contributed by atoms with Gasteiger partial charge >= 0.3 is 12.0 Å². The summed E-state index contributed by atoms with van der Waals surface area (Å²) in [6, 6.07) is 8.40. The Balaban J connectivity index is 1.64. The van der Waals surface area contributed by atoms with Crippen LogP contribution in [0, 0.1) is 5.92 Å². The number of carbonyl (C=O) groups excluding carboxylic acids is 1. The van der Waals surface area contributed by atoms with Gasteiger partial charge in [0.1, 0.15) is 0 Å². The summed E-state index contributed by atoms with van der Waals surface area (Å²) in [4.78, 5) is 25.4. The number of amides is 2. The van der Waals surface area contributed by atoms with Crippen LogP contribution in [0.2, 0.25) is 0 Å². The van der Waals surface area contributed by atoms with Crippen molar-refractivity contribution in [3.05, 3.63) is 35.4 Å². The van der Waals surface area contributed by atoms with E-state index in [1.165, 1.54) is 11.1 Å². The minimum absolute atomic E-state index is 0.0455. The van der Waals surface area contributed by atoms with Crippen molar-refractivity contribution in [2.75, 3.05) is 13.1 Å². The highest BCUT2D eigenvalue weighted by atomic mass is 16.4. The molecule has 1 aliphatic carbocycles. The lowest BCUT2D eigenvalue weighted by atomic mass is 9.79. The average molecular weight is 330 g/mol. The van der Waals surface area contributed by atoms with Crippen LogP contribution in [0.4, 0.5) is 4.79 Å². The van der Waals surface area contributed by atoms with Crippen molar-refractivity contribution in [1.29, 1.82) is 0 Å². The van der Waals surface area contributed by atoms with Crippen molar-refractivity contribution in [2.24, 2.45) is 5.92 Å². The van der Waals surface area contributed by atoms with Gasteiger partial charge in [0.25, 0.3) is 0 Å². The van der Waals surface area contributed by atoms with Gasteiger partial charge in [-0.1, -0.05) is 24.3 Å². The second kappa shape index (κ2) is 7.24. The molecule has 24 heavy (non-hydrogen) atoms. The fraction of sp³-hybridized carbons (Fsp3) is 0.579. The molecular formula is C19H26N2O3. The molecule has 5 heteroatoms. The van der Waals surface area contributed by atoms with Crippen LogP contribution in [0.1, 0.15) is 49.7 Å². The van der Waals surface area contributed by atoms with Crippen LogP contribution < -0.4 is 5.32 Å². The quantitative estimate of drug-likeness (QED) is 0.895. The van der Waals surface area contributed by atoms with E-state index in [0.717, 1.165) is 25.7 Å². The maximum absolute atomic E-state index is 12.6. The number of aliphatic carboxylic acids is 1. The highest BCUT2D eigenvalue weighted by molar-refractivity contribution is 5.77. The third-order valence-electron chi connectivity index (χ3n) is 5.43. The van der Waals surface area contributed by atoms with Gasteiger partial charge in [-0.2, -0.15) is 0 Å². The second-order valence-electron chi connectivity index (χ2n) is 7.06. The average Bonchev–Trinajstić information content (AvgIpc) is 2.61. The number of aryl methyl sites for hydroxylation is 1. The van der Waals surface area contributed by atoms with E-state index in [9.17, 15) is 14.7 Å². The lowest BCUT2D eigenvalue weighted by Gasteiger charge is -2.35. The summed E-state index contributed by atoms with van der Waals surface area (Å²) in [6.07, 6.45) is 4.75. The minimum Gasteiger partial charge on any atom is -0.481 e. The highest BCUT2D eigenvalue weighted by Crippen LogP contribution is 2.33. The van der Waals surface area contributed by atoms with Crippen LogP contribution >= 0.6 is 0 Å². The first-order chi connectivity index (χ1) is 11.6. The van der Waals surface area contributed by atoms with Crippen molar-refractivity contribution >= 4 is 12.0 Å². The predicted octanol–water partition coefficient (Wildman–Crippen LogP) is 3.00. The molecule has 0 spiro atoms. The fourth-order valence-electron chi connectivity index (χ4n) is 4.06. The number of hydrogen-bond donors (Lipinski definition) is 2. The number of hydrogen-bond acceptors (Lipinski definition) is 2. The smallest absolute Gasteiger partial charge is 0.317 e. The zero-order valence-corrected chi connectivity index (χ0v) is 14.2. The van der Waals surface area contributed by atoms with E-state index < -0.39 is 11.9 Å². The zero-order valence-electron chi connectivity index (χ0n) is 14.2. The molecule has 2 amide bonds. The van der Waals surface area contributed by atoms with Crippen LogP contribution in [0.25, 0.3) is 0 Å². The molecule has 1 heterocycles. The monoisotopic (exact) mass is 330 g/mol. The third kappa shape index (κ3) is 3.55. The lowest BCUT2D eigenvalue weighted by molar-refractivity contribution is -0.143. The molecule has 2 aliphatic rings. The van der Waals surface area contributed by atoms with Gasteiger partial charge in [-0.15, -0.1) is 0 Å². The molecule has 3 rings (SSSR count). The molecule has 1 aromatic carbocycles. The Labute approximate surface area is 143 Å². The van der Waals surface area contributed by atoms with Crippen LogP contribution in [-0.4, -0.2) is 41.1 Å². The summed E-state index contributed by atoms with van der Waals surface area (Å²) in [7, 11) is 0. The first-order valence-electron chi connectivity index (χ1n) is 8.92. The largest absolute Gasteiger partial charge is 0.481 e. The van der Waals surface area contributed by atoms with Gasteiger partial charge in [0.15, 0.2) is 0 Å². The normalized spacial score (nSPS) is 24.8. The molecular weight excluding hydrogens is 304 g/mol. The molecule has 130 valence electrons. The summed E-state index contributed by atoms with van der Waals surface area (Å²) < 4.78 is 0. The van der Waals surface area contributed by atoms with Crippen molar-refractivity contribution < 1.29 is 14.7 Å². The van der Waals surface area contributed by atoms with Gasteiger partial charge < -0.3 is 15.3 Å². The molecule has 3 atom stereocenters. The first-order valence-corrected chi connectivity index (χ1v) is 8.92. The number of benzene rings is 1. The van der Waals surface area contributed by atoms with Crippen molar-refractivity contribution in [1.82, 2.24) is 10.2 Å². The maximum atomic E-state index is 12.6. The number of likely N-dealkylation sites (tertiary alicyclic amines) is 1. The molecule has 5 nitrogen and oxygen atoms in total. The van der Waals surface area contributed by atoms with E-state index in [4.69, 9.17) is 0 Å². The number of fused-ring (bicyclic) bond motifs is 1. The van der Waals surface area contributed by atoms with Crippen molar-refractivity contribution in [3.63, 3.8) is 0 Å². The van der Waals surface area contributed by atoms with Gasteiger partial charge in [-0.05, 0) is 50.2 Å². The highest BCUT2D eigenvalue weighted by Gasteiger charge is 2.31. The van der Waals surface area contributed by atoms with Crippen molar-refractivity contribution in [3.8, 4) is 0 Å². The van der Waals surface area contributed by atoms with Gasteiger partial charge in [0, 0.05) is 25.0 Å². The van der Waals surface area contributed by atoms with E-state index in [1.54, 1.807) is 4.90 Å². The number of nitrogens with zero attached hydrogens (tertiary/aromatic N) is 1. The Morgan fingerprint density at radius 3 is 2.83 bits per heavy atom. The molecule has 2 unspecified atom stereocenters. The number of carboxylic acids is 1. The van der Waals surface area contributed by atoms with Crippen molar-refractivity contribution in [2.45, 2.75) is 51.0 Å². The second-order valence-corrected chi connectivity index (χ2v) is 7.06. The SMILES string of the molecule is C[C@@H](NC(=O)N1CCCC(C(=O)O)C1)C1CCCc2ccccc21. The molecule has 0 radical (unpaired) electrons. The molecule has 0 saturated carbocycles. The van der Waals surface area contributed by atoms with Gasteiger partial charge in [-0.3, -0.25) is 4.79 Å². The van der Waals surface area contributed by atoms with Crippen LogP contribution in [0.15, 0.2) is 24.3 Å². The fourth-order valence-corrected chi connectivity index (χ4v) is 4.06. The van der Waals surface area contributed by atoms with Gasteiger partial charge in [0.05, 0.1) is 5.92 Å². The van der Waals surface area contributed by atoms with Crippen LogP contribution in [0.5, 0.6) is 0 Å². The summed E-state index contributed by atoms with van der Waals surface area (Å²) in [5.41, 5.74) is 2.73. The first kappa shape index (κ1) is 16.8. The van der Waals surface area contributed by atoms with E-state index in [0.29, 0.717) is 25.4 Å². The molecule has 2 N–H and O–H groups in total. The standard InChI is InChI=1S/C19H26N2O3/c1-13(16-10-4-7-14-6-2-3-9-17(14)16)20-19(24)21-11-5-8-15(12-21)18(22)23/h2-3,6,9,13,15-16H,4-5,7-8,10-12H2,1H3,(H,20,24)(H,22,23)/t13-,15?,16?/m1/s1. The number of carboxylic acid groups (broad SMARTS) is 1. The van der Waals surface area contributed by atoms with E-state index >= 15 is 0 Å². The Kier molecular flexibility index (Phi) is 5.07. The number of rotatable bonds is 3. The Morgan fingerprint density at radius 2 is 2.04 bits per heavy atom. The molecule has 1 saturated heterocycles. The third-order valence-corrected chi connectivity index (χ3v) is 5.43. The number of piperidine rings is 1. The Hall–Kier alpha value is -2.04. The molecule has 0 bridgehead atoms. The molecule has 1 fully saturated rings. The van der Waals surface area contributed by atoms with Gasteiger partial charge in [0.2, 0.25) is 0 Å². The predicted molar refractivity (Wildman–Crippen MR) is 92.0 cm³/mol. The van der Waals surface area contributed by atoms with E-state index in [-0.39, 0.29) is 12.1 Å². The molecule has 1 aliphatic heterocycles. The topological polar surface area (TPSA) is 69.6 Å². The summed E-state index contributed by atoms with van der Waals surface area (Å²) in [5, 5.41) is 12.3. The van der Waals surface area contributed by atoms with Crippen LogP contribution in [0.3, 0.4) is 0 Å². The Morgan fingerprint density at radius 1 is 1.25 bits per heavy atom. The number of urea groups is 1. The molecule has 1 aromatic rings. The lowest BCUT2D eigenvalue weighted by Crippen LogP contribution is -2.50. The van der Waals surface area contributed by atoms with E-state index in [1.807, 2.05) is 0 Å². The summed E-state index contributed by atoms with van der Waals surface area (Å²) in [5.74, 6) is -0.907. The number of nitrogens with one attached hydrogen (secondary N) is 1. The maximum Gasteiger partial charge on any atom is 0.317 e. The van der Waals surface area contributed by atoms with E-state index in [2.05, 4.69) is 36.5 Å². The van der Waals surface area contributed by atoms with Gasteiger partial charge in [-0.25, -0.2) is 4.79 Å². The number of carbonyl (C=O) groups is 2. The Bertz CT molecular complexity index is 616. The molecule has 0 aromatic heterocycles. The zero-order chi connectivity index (χ0) is 17.1. The summed E-state index contributed by atoms with van der Waals surface area (Å²) in [6.45, 7) is 3.02. The summed E-state index contributed by atoms with van der Waals surface area (Å²) >= 11 is 0. The van der Waals surface area contributed by atoms with Crippen LogP contribution in [-0.2, 0) is 11.2 Å². The minimum atomic E-state index is -0.804.